The lowest BCUT2D eigenvalue weighted by atomic mass is 9.95. The molecule has 0 bridgehead atoms. The van der Waals surface area contributed by atoms with E-state index in [1.807, 2.05) is 13.1 Å². The first-order valence-corrected chi connectivity index (χ1v) is 9.12. The Morgan fingerprint density at radius 2 is 1.74 bits per heavy atom. The third-order valence-electron chi connectivity index (χ3n) is 3.98. The van der Waals surface area contributed by atoms with Crippen molar-refractivity contribution in [2.24, 2.45) is 0 Å². The SMILES string of the molecule is COC(=O)C1(O[Si](C)(C)C(C)(C)C)CN(C(=O)O)C1. The fraction of sp³-hybridized carbons (Fsp3) is 0.833. The Hall–Kier alpha value is -1.08. The van der Waals surface area contributed by atoms with E-state index in [0.29, 0.717) is 0 Å². The molecule has 1 N–H and O–H groups in total. The molecule has 0 aromatic heterocycles. The summed E-state index contributed by atoms with van der Waals surface area (Å²) in [5.74, 6) is -0.491. The predicted molar refractivity (Wildman–Crippen MR) is 72.6 cm³/mol. The summed E-state index contributed by atoms with van der Waals surface area (Å²) in [5.41, 5.74) is -1.13. The lowest BCUT2D eigenvalue weighted by Crippen LogP contribution is -2.72. The number of ether oxygens (including phenoxy) is 1. The average Bonchev–Trinajstić information content (AvgIpc) is 2.19. The van der Waals surface area contributed by atoms with Crippen molar-refractivity contribution in [1.29, 1.82) is 0 Å². The summed E-state index contributed by atoms with van der Waals surface area (Å²) in [6.45, 7) is 10.3. The number of hydrogen-bond donors (Lipinski definition) is 1. The Morgan fingerprint density at radius 1 is 1.26 bits per heavy atom. The zero-order valence-corrected chi connectivity index (χ0v) is 13.4. The van der Waals surface area contributed by atoms with Crippen molar-refractivity contribution in [2.45, 2.75) is 44.5 Å². The van der Waals surface area contributed by atoms with Gasteiger partial charge in [0.15, 0.2) is 13.9 Å². The van der Waals surface area contributed by atoms with Gasteiger partial charge >= 0.3 is 12.1 Å². The molecule has 0 aliphatic carbocycles. The third kappa shape index (κ3) is 2.92. The molecule has 19 heavy (non-hydrogen) atoms. The van der Waals surface area contributed by atoms with E-state index in [1.54, 1.807) is 0 Å². The molecule has 1 heterocycles. The van der Waals surface area contributed by atoms with Crippen LogP contribution in [0.4, 0.5) is 4.79 Å². The van der Waals surface area contributed by atoms with Crippen LogP contribution in [-0.4, -0.2) is 56.2 Å². The van der Waals surface area contributed by atoms with Gasteiger partial charge in [-0.25, -0.2) is 9.59 Å². The molecule has 1 rings (SSSR count). The number of hydrogen-bond acceptors (Lipinski definition) is 4. The summed E-state index contributed by atoms with van der Waals surface area (Å²) in [4.78, 5) is 24.0. The lowest BCUT2D eigenvalue weighted by molar-refractivity contribution is -0.174. The van der Waals surface area contributed by atoms with Gasteiger partial charge in [-0.15, -0.1) is 0 Å². The van der Waals surface area contributed by atoms with Crippen LogP contribution in [0, 0.1) is 0 Å². The molecular formula is C12H23NO5Si. The molecule has 0 aromatic carbocycles. The third-order valence-corrected chi connectivity index (χ3v) is 8.49. The molecule has 6 nitrogen and oxygen atoms in total. The van der Waals surface area contributed by atoms with E-state index < -0.39 is 26.0 Å². The van der Waals surface area contributed by atoms with Crippen molar-refractivity contribution in [1.82, 2.24) is 4.90 Å². The molecule has 0 radical (unpaired) electrons. The topological polar surface area (TPSA) is 76.1 Å². The van der Waals surface area contributed by atoms with Crippen LogP contribution in [0.25, 0.3) is 0 Å². The van der Waals surface area contributed by atoms with Gasteiger partial charge in [0.2, 0.25) is 0 Å². The van der Waals surface area contributed by atoms with Gasteiger partial charge in [-0.1, -0.05) is 20.8 Å². The quantitative estimate of drug-likeness (QED) is 0.634. The highest BCUT2D eigenvalue weighted by molar-refractivity contribution is 6.74. The fourth-order valence-corrected chi connectivity index (χ4v) is 3.26. The number of likely N-dealkylation sites (tertiary alicyclic amines) is 1. The summed E-state index contributed by atoms with van der Waals surface area (Å²) in [7, 11) is -0.880. The number of carbonyl (C=O) groups excluding carboxylic acids is 1. The minimum Gasteiger partial charge on any atom is -0.467 e. The Bertz CT molecular complexity index is 382. The number of rotatable bonds is 3. The predicted octanol–water partition coefficient (Wildman–Crippen LogP) is 1.91. The van der Waals surface area contributed by atoms with E-state index in [1.165, 1.54) is 7.11 Å². The number of carboxylic acid groups (broad SMARTS) is 1. The monoisotopic (exact) mass is 289 g/mol. The standard InChI is InChI=1S/C12H23NO5Si/c1-11(2,3)19(5,6)18-12(9(14)17-4)7-13(8-12)10(15)16/h7-8H2,1-6H3,(H,15,16). The van der Waals surface area contributed by atoms with Crippen LogP contribution < -0.4 is 0 Å². The molecule has 1 saturated heterocycles. The Morgan fingerprint density at radius 3 is 2.05 bits per heavy atom. The molecular weight excluding hydrogens is 266 g/mol. The number of carbonyl (C=O) groups is 2. The second-order valence-corrected chi connectivity index (χ2v) is 11.2. The molecule has 0 spiro atoms. The number of esters is 1. The van der Waals surface area contributed by atoms with Crippen LogP contribution in [0.15, 0.2) is 0 Å². The number of nitrogens with zero attached hydrogens (tertiary/aromatic N) is 1. The first kappa shape index (κ1) is 16.0. The molecule has 1 aliphatic heterocycles. The Labute approximate surface area is 114 Å². The number of amides is 1. The maximum atomic E-state index is 11.9. The second-order valence-electron chi connectivity index (χ2n) is 6.49. The Kier molecular flexibility index (Phi) is 4.03. The summed E-state index contributed by atoms with van der Waals surface area (Å²) >= 11 is 0. The van der Waals surface area contributed by atoms with E-state index in [4.69, 9.17) is 14.3 Å². The highest BCUT2D eigenvalue weighted by Crippen LogP contribution is 2.41. The van der Waals surface area contributed by atoms with E-state index in [2.05, 4.69) is 20.8 Å². The molecule has 0 atom stereocenters. The van der Waals surface area contributed by atoms with E-state index >= 15 is 0 Å². The maximum Gasteiger partial charge on any atom is 0.407 e. The molecule has 1 amide bonds. The Balaban J connectivity index is 2.91. The van der Waals surface area contributed by atoms with Crippen LogP contribution in [0.2, 0.25) is 18.1 Å². The number of methoxy groups -OCH3 is 1. The summed E-state index contributed by atoms with van der Waals surface area (Å²) in [6, 6.07) is 0. The van der Waals surface area contributed by atoms with Gasteiger partial charge in [0, 0.05) is 0 Å². The van der Waals surface area contributed by atoms with Crippen molar-refractivity contribution in [2.75, 3.05) is 20.2 Å². The molecule has 0 saturated carbocycles. The van der Waals surface area contributed by atoms with Crippen LogP contribution in [0.3, 0.4) is 0 Å². The van der Waals surface area contributed by atoms with E-state index in [9.17, 15) is 9.59 Å². The average molecular weight is 289 g/mol. The van der Waals surface area contributed by atoms with Gasteiger partial charge in [0.25, 0.3) is 0 Å². The zero-order valence-electron chi connectivity index (χ0n) is 12.4. The minimum atomic E-state index is -2.17. The van der Waals surface area contributed by atoms with Gasteiger partial charge in [-0.05, 0) is 18.1 Å². The highest BCUT2D eigenvalue weighted by Gasteiger charge is 2.57. The lowest BCUT2D eigenvalue weighted by Gasteiger charge is -2.51. The molecule has 110 valence electrons. The van der Waals surface area contributed by atoms with Gasteiger partial charge in [0.05, 0.1) is 20.2 Å². The molecule has 0 aromatic rings. The van der Waals surface area contributed by atoms with Crippen molar-refractivity contribution in [3.63, 3.8) is 0 Å². The molecule has 0 unspecified atom stereocenters. The fourth-order valence-electron chi connectivity index (χ4n) is 1.77. The zero-order chi connectivity index (χ0) is 15.1. The van der Waals surface area contributed by atoms with Gasteiger partial charge in [0.1, 0.15) is 0 Å². The summed E-state index contributed by atoms with van der Waals surface area (Å²) in [5, 5.41) is 8.85. The summed E-state index contributed by atoms with van der Waals surface area (Å²) in [6.07, 6.45) is -1.04. The van der Waals surface area contributed by atoms with Gasteiger partial charge in [-0.2, -0.15) is 0 Å². The van der Waals surface area contributed by atoms with E-state index in [-0.39, 0.29) is 18.1 Å². The normalized spacial score (nSPS) is 18.7. The van der Waals surface area contributed by atoms with Crippen LogP contribution in [0.1, 0.15) is 20.8 Å². The largest absolute Gasteiger partial charge is 0.467 e. The van der Waals surface area contributed by atoms with Crippen LogP contribution >= 0.6 is 0 Å². The van der Waals surface area contributed by atoms with E-state index in [0.717, 1.165) is 4.90 Å². The van der Waals surface area contributed by atoms with Gasteiger partial charge < -0.3 is 19.2 Å². The minimum absolute atomic E-state index is 0.0432. The van der Waals surface area contributed by atoms with Crippen molar-refractivity contribution >= 4 is 20.4 Å². The first-order chi connectivity index (χ1) is 8.45. The second kappa shape index (κ2) is 4.79. The molecule has 1 aliphatic rings. The van der Waals surface area contributed by atoms with Crippen molar-refractivity contribution in [3.8, 4) is 0 Å². The maximum absolute atomic E-state index is 11.9. The summed E-state index contributed by atoms with van der Waals surface area (Å²) < 4.78 is 10.9. The molecule has 7 heteroatoms. The molecule has 1 fully saturated rings. The van der Waals surface area contributed by atoms with Gasteiger partial charge in [-0.3, -0.25) is 0 Å². The van der Waals surface area contributed by atoms with Crippen molar-refractivity contribution < 1.29 is 23.9 Å². The highest BCUT2D eigenvalue weighted by atomic mass is 28.4. The van der Waals surface area contributed by atoms with Crippen molar-refractivity contribution in [3.05, 3.63) is 0 Å². The van der Waals surface area contributed by atoms with Crippen LogP contribution in [-0.2, 0) is 14.0 Å². The smallest absolute Gasteiger partial charge is 0.407 e. The van der Waals surface area contributed by atoms with Crippen LogP contribution in [0.5, 0.6) is 0 Å². The first-order valence-electron chi connectivity index (χ1n) is 6.22.